The number of carbonyl (C=O) groups is 1. The molecule has 0 saturated carbocycles. The van der Waals surface area contributed by atoms with Crippen LogP contribution in [0.3, 0.4) is 0 Å². The van der Waals surface area contributed by atoms with Gasteiger partial charge in [-0.2, -0.15) is 0 Å². The van der Waals surface area contributed by atoms with Crippen LogP contribution in [0.1, 0.15) is 24.1 Å². The Labute approximate surface area is 206 Å². The summed E-state index contributed by atoms with van der Waals surface area (Å²) in [4.78, 5) is 28.8. The van der Waals surface area contributed by atoms with Crippen molar-refractivity contribution < 1.29 is 9.90 Å². The number of hydrogen-bond acceptors (Lipinski definition) is 8. The maximum atomic E-state index is 10.9. The smallest absolute Gasteiger partial charge is 0.317 e. The maximum absolute atomic E-state index is 10.9. The number of anilines is 2. The third-order valence-corrected chi connectivity index (χ3v) is 6.08. The van der Waals surface area contributed by atoms with Gasteiger partial charge < -0.3 is 16.2 Å². The third-order valence-electron chi connectivity index (χ3n) is 6.08. The number of rotatable bonds is 11. The predicted molar refractivity (Wildman–Crippen MR) is 136 cm³/mol. The van der Waals surface area contributed by atoms with Crippen LogP contribution in [0.5, 0.6) is 0 Å². The van der Waals surface area contributed by atoms with Gasteiger partial charge in [0.2, 0.25) is 0 Å². The van der Waals surface area contributed by atoms with E-state index < -0.39 is 5.97 Å². The molecule has 0 atom stereocenters. The summed E-state index contributed by atoms with van der Waals surface area (Å²) < 4.78 is 0. The monoisotopic (exact) mass is 475 g/mol. The van der Waals surface area contributed by atoms with Crippen molar-refractivity contribution in [3.63, 3.8) is 0 Å². The van der Waals surface area contributed by atoms with E-state index in [1.807, 2.05) is 41.6 Å². The van der Waals surface area contributed by atoms with Crippen LogP contribution in [0.2, 0.25) is 0 Å². The number of hydrogen-bond donors (Lipinski definition) is 3. The summed E-state index contributed by atoms with van der Waals surface area (Å²) >= 11 is 0. The lowest BCUT2D eigenvalue weighted by atomic mass is 10.1. The van der Waals surface area contributed by atoms with Crippen molar-refractivity contribution >= 4 is 17.5 Å². The molecule has 1 aliphatic rings. The van der Waals surface area contributed by atoms with Crippen LogP contribution in [0.15, 0.2) is 55.0 Å². The molecule has 1 saturated heterocycles. The molecule has 0 spiro atoms. The number of unbranched alkanes of at least 4 members (excludes halogenated alkanes) is 1. The van der Waals surface area contributed by atoms with Crippen LogP contribution in [0.25, 0.3) is 11.3 Å². The Balaban J connectivity index is 1.35. The Hall–Kier alpha value is -3.40. The van der Waals surface area contributed by atoms with Gasteiger partial charge in [-0.05, 0) is 55.6 Å². The van der Waals surface area contributed by atoms with Gasteiger partial charge in [0.15, 0.2) is 0 Å². The Morgan fingerprint density at radius 2 is 1.83 bits per heavy atom. The molecule has 9 heteroatoms. The highest BCUT2D eigenvalue weighted by atomic mass is 16.4. The number of nitrogens with two attached hydrogens (primary N) is 1. The minimum absolute atomic E-state index is 0.115. The first-order valence-electron chi connectivity index (χ1n) is 12.1. The van der Waals surface area contributed by atoms with Gasteiger partial charge in [0.1, 0.15) is 5.82 Å². The summed E-state index contributed by atoms with van der Waals surface area (Å²) in [5, 5.41) is 12.4. The van der Waals surface area contributed by atoms with E-state index in [0.717, 1.165) is 80.4 Å². The number of carboxylic acid groups (broad SMARTS) is 1. The average molecular weight is 476 g/mol. The van der Waals surface area contributed by atoms with E-state index in [4.69, 9.17) is 10.8 Å². The molecule has 0 aliphatic carbocycles. The molecule has 0 unspecified atom stereocenters. The van der Waals surface area contributed by atoms with Gasteiger partial charge in [-0.15, -0.1) is 0 Å². The molecule has 3 heterocycles. The standard InChI is InChI=1S/C26H33N7O2/c27-8-2-1-5-23-16-30-24(17-29-23)21-7-9-28-25(15-21)31-22-6-3-4-20(14-22)18-32-10-12-33(13-11-32)19-26(34)35/h3-4,6-7,9,14-17H,1-2,5,8,10-13,18-19,27H2,(H,28,31)(H,34,35). The number of pyridine rings is 1. The van der Waals surface area contributed by atoms with Gasteiger partial charge in [0.25, 0.3) is 0 Å². The van der Waals surface area contributed by atoms with E-state index in [9.17, 15) is 4.79 Å². The molecule has 1 aromatic carbocycles. The van der Waals surface area contributed by atoms with E-state index in [0.29, 0.717) is 6.54 Å². The zero-order chi connectivity index (χ0) is 24.5. The lowest BCUT2D eigenvalue weighted by molar-refractivity contribution is -0.138. The molecule has 9 nitrogen and oxygen atoms in total. The van der Waals surface area contributed by atoms with Crippen molar-refractivity contribution in [2.45, 2.75) is 25.8 Å². The van der Waals surface area contributed by atoms with Crippen molar-refractivity contribution in [2.24, 2.45) is 5.73 Å². The number of benzene rings is 1. The molecule has 4 N–H and O–H groups in total. The van der Waals surface area contributed by atoms with Crippen LogP contribution < -0.4 is 11.1 Å². The van der Waals surface area contributed by atoms with Gasteiger partial charge in [-0.25, -0.2) is 4.98 Å². The van der Waals surface area contributed by atoms with Crippen LogP contribution in [0.4, 0.5) is 11.5 Å². The number of aliphatic carboxylic acids is 1. The summed E-state index contributed by atoms with van der Waals surface area (Å²) in [6.07, 6.45) is 8.33. The fraction of sp³-hybridized carbons (Fsp3) is 0.385. The molecule has 0 radical (unpaired) electrons. The molecule has 0 bridgehead atoms. The van der Waals surface area contributed by atoms with Crippen molar-refractivity contribution in [3.05, 3.63) is 66.2 Å². The second kappa shape index (κ2) is 12.3. The first kappa shape index (κ1) is 24.7. The van der Waals surface area contributed by atoms with Crippen molar-refractivity contribution in [3.8, 4) is 11.3 Å². The van der Waals surface area contributed by atoms with Crippen LogP contribution in [-0.2, 0) is 17.8 Å². The molecular weight excluding hydrogens is 442 g/mol. The largest absolute Gasteiger partial charge is 0.480 e. The number of piperazine rings is 1. The van der Waals surface area contributed by atoms with E-state index in [1.165, 1.54) is 5.56 Å². The second-order valence-electron chi connectivity index (χ2n) is 8.84. The van der Waals surface area contributed by atoms with Gasteiger partial charge >= 0.3 is 5.97 Å². The molecule has 3 aromatic rings. The lowest BCUT2D eigenvalue weighted by Gasteiger charge is -2.33. The highest BCUT2D eigenvalue weighted by Gasteiger charge is 2.18. The lowest BCUT2D eigenvalue weighted by Crippen LogP contribution is -2.47. The van der Waals surface area contributed by atoms with E-state index in [-0.39, 0.29) is 6.54 Å². The summed E-state index contributed by atoms with van der Waals surface area (Å²) in [7, 11) is 0. The molecule has 0 amide bonds. The van der Waals surface area contributed by atoms with Crippen molar-refractivity contribution in [2.75, 3.05) is 44.6 Å². The molecule has 184 valence electrons. The van der Waals surface area contributed by atoms with E-state index >= 15 is 0 Å². The molecule has 4 rings (SSSR count). The zero-order valence-electron chi connectivity index (χ0n) is 19.9. The highest BCUT2D eigenvalue weighted by Crippen LogP contribution is 2.22. The van der Waals surface area contributed by atoms with E-state index in [2.05, 4.69) is 37.3 Å². The number of nitrogens with one attached hydrogen (secondary N) is 1. The number of nitrogens with zero attached hydrogens (tertiary/aromatic N) is 5. The quantitative estimate of drug-likeness (QED) is 0.360. The average Bonchev–Trinajstić information content (AvgIpc) is 2.86. The van der Waals surface area contributed by atoms with Gasteiger partial charge in [0.05, 0.1) is 24.1 Å². The first-order valence-corrected chi connectivity index (χ1v) is 12.1. The van der Waals surface area contributed by atoms with Gasteiger partial charge in [-0.3, -0.25) is 24.6 Å². The highest BCUT2D eigenvalue weighted by molar-refractivity contribution is 5.69. The fourth-order valence-electron chi connectivity index (χ4n) is 4.19. The first-order chi connectivity index (χ1) is 17.1. The molecule has 35 heavy (non-hydrogen) atoms. The third kappa shape index (κ3) is 7.54. The maximum Gasteiger partial charge on any atom is 0.317 e. The number of aromatic nitrogens is 3. The van der Waals surface area contributed by atoms with Gasteiger partial charge in [0, 0.05) is 56.4 Å². The van der Waals surface area contributed by atoms with Crippen molar-refractivity contribution in [1.82, 2.24) is 24.8 Å². The normalized spacial score (nSPS) is 14.7. The minimum Gasteiger partial charge on any atom is -0.480 e. The zero-order valence-corrected chi connectivity index (χ0v) is 19.9. The summed E-state index contributed by atoms with van der Waals surface area (Å²) in [6.45, 7) is 4.92. The molecular formula is C26H33N7O2. The Kier molecular flexibility index (Phi) is 8.72. The Bertz CT molecular complexity index is 1100. The topological polar surface area (TPSA) is 120 Å². The van der Waals surface area contributed by atoms with Crippen LogP contribution in [-0.4, -0.2) is 75.1 Å². The molecule has 1 fully saturated rings. The summed E-state index contributed by atoms with van der Waals surface area (Å²) in [5.74, 6) is -0.0203. The Morgan fingerprint density at radius 1 is 1.00 bits per heavy atom. The Morgan fingerprint density at radius 3 is 2.57 bits per heavy atom. The van der Waals surface area contributed by atoms with E-state index in [1.54, 1.807) is 6.20 Å². The summed E-state index contributed by atoms with van der Waals surface area (Å²) in [6, 6.07) is 12.2. The van der Waals surface area contributed by atoms with Crippen LogP contribution in [0, 0.1) is 0 Å². The number of aryl methyl sites for hydroxylation is 1. The second-order valence-corrected chi connectivity index (χ2v) is 8.84. The fourth-order valence-corrected chi connectivity index (χ4v) is 4.19. The van der Waals surface area contributed by atoms with Crippen LogP contribution >= 0.6 is 0 Å². The molecule has 1 aliphatic heterocycles. The predicted octanol–water partition coefficient (Wildman–Crippen LogP) is 2.77. The van der Waals surface area contributed by atoms with Crippen molar-refractivity contribution in [1.29, 1.82) is 0 Å². The number of carboxylic acids is 1. The molecule has 2 aromatic heterocycles. The minimum atomic E-state index is -0.766. The summed E-state index contributed by atoms with van der Waals surface area (Å²) in [5.41, 5.74) is 10.5. The SMILES string of the molecule is NCCCCc1cnc(-c2ccnc(Nc3cccc(CN4CCN(CC(=O)O)CC4)c3)c2)cn1. The van der Waals surface area contributed by atoms with Gasteiger partial charge in [-0.1, -0.05) is 12.1 Å².